The van der Waals surface area contributed by atoms with Gasteiger partial charge in [-0.2, -0.15) is 4.37 Å². The lowest BCUT2D eigenvalue weighted by Gasteiger charge is -2.19. The molecule has 0 fully saturated rings. The van der Waals surface area contributed by atoms with Crippen LogP contribution in [-0.2, 0) is 0 Å². The third-order valence-corrected chi connectivity index (χ3v) is 4.07. The van der Waals surface area contributed by atoms with Crippen molar-refractivity contribution in [1.29, 1.82) is 0 Å². The van der Waals surface area contributed by atoms with Gasteiger partial charge in [-0.3, -0.25) is 4.79 Å². The molecule has 0 saturated heterocycles. The van der Waals surface area contributed by atoms with E-state index in [9.17, 15) is 9.90 Å². The standard InChI is InChI=1S/C12H15N3O2S2/c1-6-4-9(15-19-6)12(17)14-11(7(2)16)10-5-18-8(3)13-10/h4-5,7,11,16H,1-3H3,(H,14,17). The minimum Gasteiger partial charge on any atom is -0.391 e. The lowest BCUT2D eigenvalue weighted by molar-refractivity contribution is 0.0851. The topological polar surface area (TPSA) is 75.1 Å². The van der Waals surface area contributed by atoms with E-state index in [0.717, 1.165) is 9.88 Å². The summed E-state index contributed by atoms with van der Waals surface area (Å²) in [5.74, 6) is -0.291. The highest BCUT2D eigenvalue weighted by Crippen LogP contribution is 2.20. The largest absolute Gasteiger partial charge is 0.391 e. The van der Waals surface area contributed by atoms with Crippen LogP contribution in [0.1, 0.15) is 39.0 Å². The third kappa shape index (κ3) is 3.37. The Kier molecular flexibility index (Phi) is 4.28. The van der Waals surface area contributed by atoms with Crippen LogP contribution < -0.4 is 5.32 Å². The second-order valence-electron chi connectivity index (χ2n) is 4.31. The average molecular weight is 297 g/mol. The maximum atomic E-state index is 12.1. The summed E-state index contributed by atoms with van der Waals surface area (Å²) >= 11 is 2.77. The highest BCUT2D eigenvalue weighted by atomic mass is 32.1. The Morgan fingerprint density at radius 3 is 2.68 bits per heavy atom. The van der Waals surface area contributed by atoms with Gasteiger partial charge in [-0.15, -0.1) is 11.3 Å². The summed E-state index contributed by atoms with van der Waals surface area (Å²) in [6.07, 6.45) is -0.717. The normalized spacial score (nSPS) is 14.1. The molecule has 2 heterocycles. The fourth-order valence-electron chi connectivity index (χ4n) is 1.65. The van der Waals surface area contributed by atoms with E-state index in [4.69, 9.17) is 0 Å². The van der Waals surface area contributed by atoms with Crippen molar-refractivity contribution in [2.45, 2.75) is 32.9 Å². The summed E-state index contributed by atoms with van der Waals surface area (Å²) in [6, 6.07) is 1.21. The van der Waals surface area contributed by atoms with Crippen molar-refractivity contribution in [3.63, 3.8) is 0 Å². The number of carbonyl (C=O) groups excluding carboxylic acids is 1. The Bertz CT molecular complexity index is 577. The van der Waals surface area contributed by atoms with Crippen molar-refractivity contribution in [3.8, 4) is 0 Å². The maximum absolute atomic E-state index is 12.1. The van der Waals surface area contributed by atoms with Gasteiger partial charge in [0, 0.05) is 10.3 Å². The molecule has 19 heavy (non-hydrogen) atoms. The summed E-state index contributed by atoms with van der Waals surface area (Å²) < 4.78 is 4.06. The first-order valence-electron chi connectivity index (χ1n) is 5.81. The number of aliphatic hydroxyl groups excluding tert-OH is 1. The number of aryl methyl sites for hydroxylation is 2. The molecule has 0 aliphatic rings. The van der Waals surface area contributed by atoms with E-state index < -0.39 is 12.1 Å². The van der Waals surface area contributed by atoms with Gasteiger partial charge in [-0.1, -0.05) is 0 Å². The smallest absolute Gasteiger partial charge is 0.271 e. The predicted octanol–water partition coefficient (Wildman–Crippen LogP) is 2.07. The molecule has 0 spiro atoms. The van der Waals surface area contributed by atoms with Gasteiger partial charge in [0.05, 0.1) is 22.8 Å². The number of carbonyl (C=O) groups is 1. The highest BCUT2D eigenvalue weighted by molar-refractivity contribution is 7.09. The summed E-state index contributed by atoms with van der Waals surface area (Å²) in [5.41, 5.74) is 1.05. The first-order chi connectivity index (χ1) is 8.97. The second kappa shape index (κ2) is 5.77. The van der Waals surface area contributed by atoms with Crippen LogP contribution in [0, 0.1) is 13.8 Å². The molecule has 0 radical (unpaired) electrons. The van der Waals surface area contributed by atoms with E-state index in [1.54, 1.807) is 13.0 Å². The van der Waals surface area contributed by atoms with Crippen LogP contribution in [0.25, 0.3) is 0 Å². The lowest BCUT2D eigenvalue weighted by Crippen LogP contribution is -2.35. The number of aliphatic hydroxyl groups is 1. The average Bonchev–Trinajstić information content (AvgIpc) is 2.94. The van der Waals surface area contributed by atoms with Gasteiger partial charge in [0.15, 0.2) is 0 Å². The fourth-order valence-corrected chi connectivity index (χ4v) is 2.84. The first kappa shape index (κ1) is 14.1. The minimum atomic E-state index is -0.717. The number of nitrogens with zero attached hydrogens (tertiary/aromatic N) is 2. The van der Waals surface area contributed by atoms with Crippen LogP contribution in [0.15, 0.2) is 11.4 Å². The second-order valence-corrected chi connectivity index (χ2v) is 6.38. The molecule has 0 aliphatic heterocycles. The van der Waals surface area contributed by atoms with Gasteiger partial charge in [0.1, 0.15) is 5.69 Å². The molecule has 2 rings (SSSR count). The molecule has 2 N–H and O–H groups in total. The fraction of sp³-hybridized carbons (Fsp3) is 0.417. The van der Waals surface area contributed by atoms with E-state index in [1.807, 2.05) is 19.2 Å². The van der Waals surface area contributed by atoms with Crippen molar-refractivity contribution in [2.75, 3.05) is 0 Å². The maximum Gasteiger partial charge on any atom is 0.271 e. The zero-order chi connectivity index (χ0) is 14.0. The Balaban J connectivity index is 2.15. The van der Waals surface area contributed by atoms with Gasteiger partial charge in [0.2, 0.25) is 0 Å². The number of amides is 1. The number of thiazole rings is 1. The summed E-state index contributed by atoms with van der Waals surface area (Å²) in [4.78, 5) is 17.3. The van der Waals surface area contributed by atoms with Gasteiger partial charge < -0.3 is 10.4 Å². The number of rotatable bonds is 4. The zero-order valence-corrected chi connectivity index (χ0v) is 12.5. The van der Waals surface area contributed by atoms with Crippen LogP contribution in [0.2, 0.25) is 0 Å². The van der Waals surface area contributed by atoms with Gasteiger partial charge >= 0.3 is 0 Å². The molecule has 2 unspecified atom stereocenters. The molecule has 2 aromatic heterocycles. The van der Waals surface area contributed by atoms with Crippen molar-refractivity contribution in [1.82, 2.24) is 14.7 Å². The molecule has 102 valence electrons. The molecule has 7 heteroatoms. The molecule has 1 amide bonds. The minimum absolute atomic E-state index is 0.291. The van der Waals surface area contributed by atoms with Gasteiger partial charge in [-0.05, 0) is 38.4 Å². The van der Waals surface area contributed by atoms with E-state index in [0.29, 0.717) is 11.4 Å². The van der Waals surface area contributed by atoms with Crippen LogP contribution in [0.5, 0.6) is 0 Å². The Labute approximate surface area is 119 Å². The molecular formula is C12H15N3O2S2. The number of hydrogen-bond donors (Lipinski definition) is 2. The Morgan fingerprint density at radius 1 is 1.47 bits per heavy atom. The molecule has 5 nitrogen and oxygen atoms in total. The molecular weight excluding hydrogens is 282 g/mol. The first-order valence-corrected chi connectivity index (χ1v) is 7.47. The van der Waals surface area contributed by atoms with Gasteiger partial charge in [-0.25, -0.2) is 4.98 Å². The zero-order valence-electron chi connectivity index (χ0n) is 10.9. The van der Waals surface area contributed by atoms with Crippen molar-refractivity contribution in [3.05, 3.63) is 32.7 Å². The van der Waals surface area contributed by atoms with E-state index in [-0.39, 0.29) is 5.91 Å². The summed E-state index contributed by atoms with van der Waals surface area (Å²) in [7, 11) is 0. The number of nitrogens with one attached hydrogen (secondary N) is 1. The van der Waals surface area contributed by atoms with E-state index in [2.05, 4.69) is 14.7 Å². The third-order valence-electron chi connectivity index (χ3n) is 2.59. The molecule has 2 atom stereocenters. The SMILES string of the molecule is Cc1cc(C(=O)NC(c2csc(C)n2)C(C)O)ns1. The predicted molar refractivity (Wildman–Crippen MR) is 75.6 cm³/mol. The van der Waals surface area contributed by atoms with E-state index >= 15 is 0 Å². The highest BCUT2D eigenvalue weighted by Gasteiger charge is 2.23. The molecule has 0 saturated carbocycles. The summed E-state index contributed by atoms with van der Waals surface area (Å²) in [6.45, 7) is 5.41. The Hall–Kier alpha value is -1.31. The molecule has 0 aliphatic carbocycles. The van der Waals surface area contributed by atoms with Gasteiger partial charge in [0.25, 0.3) is 5.91 Å². The monoisotopic (exact) mass is 297 g/mol. The van der Waals surface area contributed by atoms with E-state index in [1.165, 1.54) is 22.9 Å². The van der Waals surface area contributed by atoms with Crippen molar-refractivity contribution in [2.24, 2.45) is 0 Å². The van der Waals surface area contributed by atoms with Crippen molar-refractivity contribution >= 4 is 28.8 Å². The lowest BCUT2D eigenvalue weighted by atomic mass is 10.1. The van der Waals surface area contributed by atoms with Crippen LogP contribution in [0.3, 0.4) is 0 Å². The quantitative estimate of drug-likeness (QED) is 0.906. The molecule has 0 aromatic carbocycles. The van der Waals surface area contributed by atoms with Crippen LogP contribution in [0.4, 0.5) is 0 Å². The molecule has 2 aromatic rings. The number of hydrogen-bond acceptors (Lipinski definition) is 6. The van der Waals surface area contributed by atoms with Crippen molar-refractivity contribution < 1.29 is 9.90 Å². The van der Waals surface area contributed by atoms with Crippen LogP contribution >= 0.6 is 22.9 Å². The van der Waals surface area contributed by atoms with Crippen LogP contribution in [-0.4, -0.2) is 26.5 Å². The summed E-state index contributed by atoms with van der Waals surface area (Å²) in [5, 5.41) is 15.3. The number of aromatic nitrogens is 2. The Morgan fingerprint density at radius 2 is 2.21 bits per heavy atom. The molecule has 0 bridgehead atoms.